The zero-order valence-corrected chi connectivity index (χ0v) is 17.7. The minimum Gasteiger partial charge on any atom is -0.450 e. The Balaban J connectivity index is 1.48. The van der Waals surface area contributed by atoms with Crippen molar-refractivity contribution in [1.29, 1.82) is 0 Å². The lowest BCUT2D eigenvalue weighted by Gasteiger charge is -2.31. The number of piperidine rings is 1. The number of nitrogens with one attached hydrogen (secondary N) is 1. The quantitative estimate of drug-likeness (QED) is 0.744. The predicted octanol–water partition coefficient (Wildman–Crippen LogP) is 1.81. The zero-order valence-electron chi connectivity index (χ0n) is 16.1. The van der Waals surface area contributed by atoms with Gasteiger partial charge in [0, 0.05) is 37.1 Å². The van der Waals surface area contributed by atoms with Crippen molar-refractivity contribution >= 4 is 33.4 Å². The van der Waals surface area contributed by atoms with E-state index in [0.717, 1.165) is 17.7 Å². The van der Waals surface area contributed by atoms with E-state index in [9.17, 15) is 18.0 Å². The van der Waals surface area contributed by atoms with Crippen LogP contribution < -0.4 is 5.32 Å². The number of sulfonamides is 1. The molecule has 2 aliphatic rings. The summed E-state index contributed by atoms with van der Waals surface area (Å²) in [6, 6.07) is 3.33. The molecule has 2 fully saturated rings. The van der Waals surface area contributed by atoms with Gasteiger partial charge in [-0.15, -0.1) is 11.3 Å². The largest absolute Gasteiger partial charge is 0.450 e. The van der Waals surface area contributed by atoms with E-state index in [1.165, 1.54) is 15.6 Å². The van der Waals surface area contributed by atoms with E-state index < -0.39 is 10.0 Å². The smallest absolute Gasteiger partial charge is 0.409 e. The highest BCUT2D eigenvalue weighted by Gasteiger charge is 2.29. The molecule has 2 saturated heterocycles. The van der Waals surface area contributed by atoms with Crippen molar-refractivity contribution < 1.29 is 22.7 Å². The molecule has 0 saturated carbocycles. The van der Waals surface area contributed by atoms with Gasteiger partial charge in [0.15, 0.2) is 0 Å². The van der Waals surface area contributed by atoms with Crippen LogP contribution in [0.4, 0.5) is 4.79 Å². The topological polar surface area (TPSA) is 96.0 Å². The number of hydrogen-bond donors (Lipinski definition) is 1. The monoisotopic (exact) mass is 429 g/mol. The second-order valence-electron chi connectivity index (χ2n) is 7.04. The van der Waals surface area contributed by atoms with Gasteiger partial charge >= 0.3 is 6.09 Å². The third kappa shape index (κ3) is 5.03. The number of thiophene rings is 1. The Morgan fingerprint density at radius 1 is 1.18 bits per heavy atom. The standard InChI is InChI=1S/C18H27N3O5S2/c1-2-26-18(23)20-11-7-14(8-12-20)19-16(22)13-15-5-6-17(27-15)28(24,25)21-9-3-4-10-21/h5-6,14H,2-4,7-13H2,1H3,(H,19,22). The molecule has 1 aromatic rings. The number of ether oxygens (including phenoxy) is 1. The number of carbonyl (C=O) groups is 2. The second kappa shape index (κ2) is 9.23. The molecule has 28 heavy (non-hydrogen) atoms. The molecule has 2 aliphatic heterocycles. The molecule has 10 heteroatoms. The summed E-state index contributed by atoms with van der Waals surface area (Å²) in [4.78, 5) is 26.4. The van der Waals surface area contributed by atoms with Gasteiger partial charge in [-0.05, 0) is 44.7 Å². The van der Waals surface area contributed by atoms with Gasteiger partial charge in [0.1, 0.15) is 4.21 Å². The molecule has 8 nitrogen and oxygen atoms in total. The molecular formula is C18H27N3O5S2. The first-order valence-corrected chi connectivity index (χ1v) is 12.0. The van der Waals surface area contributed by atoms with Crippen LogP contribution in [-0.2, 0) is 26.0 Å². The Bertz CT molecular complexity index is 794. The molecule has 3 heterocycles. The third-order valence-electron chi connectivity index (χ3n) is 5.02. The first-order valence-electron chi connectivity index (χ1n) is 9.70. The van der Waals surface area contributed by atoms with E-state index in [1.807, 2.05) is 0 Å². The average molecular weight is 430 g/mol. The third-order valence-corrected chi connectivity index (χ3v) is 8.47. The lowest BCUT2D eigenvalue weighted by Crippen LogP contribution is -2.47. The van der Waals surface area contributed by atoms with Gasteiger partial charge in [-0.2, -0.15) is 4.31 Å². The number of rotatable bonds is 6. The average Bonchev–Trinajstić information content (AvgIpc) is 3.35. The highest BCUT2D eigenvalue weighted by molar-refractivity contribution is 7.91. The Hall–Kier alpha value is -1.65. The number of nitrogens with zero attached hydrogens (tertiary/aromatic N) is 2. The molecule has 0 bridgehead atoms. The Labute approximate surface area is 169 Å². The van der Waals surface area contributed by atoms with Crippen molar-refractivity contribution in [1.82, 2.24) is 14.5 Å². The predicted molar refractivity (Wildman–Crippen MR) is 106 cm³/mol. The van der Waals surface area contributed by atoms with Crippen LogP contribution in [0.2, 0.25) is 0 Å². The van der Waals surface area contributed by atoms with E-state index in [0.29, 0.717) is 49.8 Å². The van der Waals surface area contributed by atoms with E-state index in [2.05, 4.69) is 5.32 Å². The maximum absolute atomic E-state index is 12.6. The molecule has 1 N–H and O–H groups in total. The number of carbonyl (C=O) groups excluding carboxylic acids is 2. The molecule has 3 rings (SSSR count). The van der Waals surface area contributed by atoms with Crippen molar-refractivity contribution in [3.05, 3.63) is 17.0 Å². The minimum absolute atomic E-state index is 0.0194. The molecule has 156 valence electrons. The van der Waals surface area contributed by atoms with Gasteiger partial charge in [-0.25, -0.2) is 13.2 Å². The minimum atomic E-state index is -3.43. The SMILES string of the molecule is CCOC(=O)N1CCC(NC(=O)Cc2ccc(S(=O)(=O)N3CCCC3)s2)CC1. The van der Waals surface area contributed by atoms with E-state index in [4.69, 9.17) is 4.74 Å². The van der Waals surface area contributed by atoms with Crippen LogP contribution in [-0.4, -0.2) is 68.5 Å². The van der Waals surface area contributed by atoms with E-state index in [-0.39, 0.29) is 24.5 Å². The van der Waals surface area contributed by atoms with Gasteiger partial charge in [0.25, 0.3) is 10.0 Å². The maximum atomic E-state index is 12.6. The van der Waals surface area contributed by atoms with Crippen LogP contribution in [0.3, 0.4) is 0 Å². The maximum Gasteiger partial charge on any atom is 0.409 e. The first-order chi connectivity index (χ1) is 13.4. The Morgan fingerprint density at radius 2 is 1.86 bits per heavy atom. The zero-order chi connectivity index (χ0) is 20.1. The van der Waals surface area contributed by atoms with Gasteiger partial charge in [0.05, 0.1) is 13.0 Å². The van der Waals surface area contributed by atoms with Crippen molar-refractivity contribution in [3.8, 4) is 0 Å². The van der Waals surface area contributed by atoms with Crippen LogP contribution in [0, 0.1) is 0 Å². The van der Waals surface area contributed by atoms with Crippen molar-refractivity contribution in [2.24, 2.45) is 0 Å². The van der Waals surface area contributed by atoms with Gasteiger partial charge in [-0.3, -0.25) is 4.79 Å². The fourth-order valence-electron chi connectivity index (χ4n) is 3.51. The summed E-state index contributed by atoms with van der Waals surface area (Å²) in [5, 5.41) is 2.99. The fourth-order valence-corrected chi connectivity index (χ4v) is 6.53. The first kappa shape index (κ1) is 21.1. The van der Waals surface area contributed by atoms with Crippen LogP contribution in [0.15, 0.2) is 16.3 Å². The van der Waals surface area contributed by atoms with Crippen molar-refractivity contribution in [3.63, 3.8) is 0 Å². The summed E-state index contributed by atoms with van der Waals surface area (Å²) < 4.78 is 32.0. The molecular weight excluding hydrogens is 402 g/mol. The van der Waals surface area contributed by atoms with Gasteiger partial charge in [-0.1, -0.05) is 0 Å². The molecule has 1 aromatic heterocycles. The molecule has 0 aromatic carbocycles. The normalized spacial score (nSPS) is 19.0. The van der Waals surface area contributed by atoms with Crippen LogP contribution in [0.1, 0.15) is 37.5 Å². The highest BCUT2D eigenvalue weighted by atomic mass is 32.2. The summed E-state index contributed by atoms with van der Waals surface area (Å²) in [5.41, 5.74) is 0. The molecule has 0 spiro atoms. The number of likely N-dealkylation sites (tertiary alicyclic amines) is 1. The summed E-state index contributed by atoms with van der Waals surface area (Å²) >= 11 is 1.17. The molecule has 0 atom stereocenters. The molecule has 0 unspecified atom stereocenters. The molecule has 0 radical (unpaired) electrons. The molecule has 2 amide bonds. The van der Waals surface area contributed by atoms with Gasteiger partial charge in [0.2, 0.25) is 5.91 Å². The lowest BCUT2D eigenvalue weighted by atomic mass is 10.1. The number of amides is 2. The van der Waals surface area contributed by atoms with Crippen molar-refractivity contribution in [2.75, 3.05) is 32.8 Å². The lowest BCUT2D eigenvalue weighted by molar-refractivity contribution is -0.121. The van der Waals surface area contributed by atoms with Crippen LogP contribution >= 0.6 is 11.3 Å². The summed E-state index contributed by atoms with van der Waals surface area (Å²) in [5.74, 6) is -0.124. The van der Waals surface area contributed by atoms with E-state index in [1.54, 1.807) is 24.0 Å². The Kier molecular flexibility index (Phi) is 6.95. The van der Waals surface area contributed by atoms with Crippen LogP contribution in [0.5, 0.6) is 0 Å². The summed E-state index contributed by atoms with van der Waals surface area (Å²) in [6.07, 6.45) is 3.02. The highest BCUT2D eigenvalue weighted by Crippen LogP contribution is 2.27. The van der Waals surface area contributed by atoms with Crippen LogP contribution in [0.25, 0.3) is 0 Å². The summed E-state index contributed by atoms with van der Waals surface area (Å²) in [7, 11) is -3.43. The van der Waals surface area contributed by atoms with E-state index >= 15 is 0 Å². The molecule has 0 aliphatic carbocycles. The number of hydrogen-bond acceptors (Lipinski definition) is 6. The second-order valence-corrected chi connectivity index (χ2v) is 10.4. The van der Waals surface area contributed by atoms with Gasteiger partial charge < -0.3 is 15.0 Å². The van der Waals surface area contributed by atoms with Crippen molar-refractivity contribution in [2.45, 2.75) is 49.3 Å². The summed E-state index contributed by atoms with van der Waals surface area (Å²) in [6.45, 7) is 4.38. The fraction of sp³-hybridized carbons (Fsp3) is 0.667. The Morgan fingerprint density at radius 3 is 2.50 bits per heavy atom.